The van der Waals surface area contributed by atoms with Gasteiger partial charge in [-0.05, 0) is 18.6 Å². The highest BCUT2D eigenvalue weighted by atomic mass is 19.1. The van der Waals surface area contributed by atoms with E-state index in [1.165, 1.54) is 11.0 Å². The molecule has 104 valence electrons. The second-order valence-electron chi connectivity index (χ2n) is 4.14. The minimum Gasteiger partial charge on any atom is -0.466 e. The number of rotatable bonds is 6. The molecule has 0 fully saturated rings. The van der Waals surface area contributed by atoms with Gasteiger partial charge in [-0.3, -0.25) is 9.59 Å². The molecule has 5 heteroatoms. The number of nitrogens with zero attached hydrogens (tertiary/aromatic N) is 1. The van der Waals surface area contributed by atoms with Crippen LogP contribution in [0.1, 0.15) is 18.9 Å². The number of amides is 1. The number of benzene rings is 1. The number of hydrogen-bond acceptors (Lipinski definition) is 3. The minimum absolute atomic E-state index is 0.00794. The molecular weight excluding hydrogens is 249 g/mol. The van der Waals surface area contributed by atoms with E-state index in [1.54, 1.807) is 32.2 Å². The van der Waals surface area contributed by atoms with Crippen molar-refractivity contribution in [2.75, 3.05) is 20.2 Å². The van der Waals surface area contributed by atoms with Crippen LogP contribution in [-0.4, -0.2) is 37.0 Å². The Balaban J connectivity index is 2.45. The third-order valence-electron chi connectivity index (χ3n) is 2.68. The molecule has 0 aliphatic rings. The first-order valence-corrected chi connectivity index (χ1v) is 6.17. The van der Waals surface area contributed by atoms with Gasteiger partial charge in [0.05, 0.1) is 19.4 Å². The summed E-state index contributed by atoms with van der Waals surface area (Å²) in [4.78, 5) is 24.4. The lowest BCUT2D eigenvalue weighted by atomic mass is 10.1. The van der Waals surface area contributed by atoms with Crippen LogP contribution in [0.2, 0.25) is 0 Å². The maximum atomic E-state index is 13.4. The van der Waals surface area contributed by atoms with E-state index < -0.39 is 5.82 Å². The molecule has 0 unspecified atom stereocenters. The molecule has 0 aliphatic heterocycles. The number of hydrogen-bond donors (Lipinski definition) is 0. The van der Waals surface area contributed by atoms with E-state index in [2.05, 4.69) is 0 Å². The van der Waals surface area contributed by atoms with E-state index in [0.717, 1.165) is 0 Å². The van der Waals surface area contributed by atoms with Crippen LogP contribution in [0.4, 0.5) is 4.39 Å². The highest BCUT2D eigenvalue weighted by Crippen LogP contribution is 2.08. The standard InChI is InChI=1S/C14H18FNO3/c1-3-19-14(18)8-9-16(2)13(17)10-11-6-4-5-7-12(11)15/h4-7H,3,8-10H2,1-2H3. The molecule has 19 heavy (non-hydrogen) atoms. The second kappa shape index (κ2) is 7.51. The average Bonchev–Trinajstić information content (AvgIpc) is 2.39. The van der Waals surface area contributed by atoms with Gasteiger partial charge in [-0.1, -0.05) is 18.2 Å². The molecule has 0 radical (unpaired) electrons. The summed E-state index contributed by atoms with van der Waals surface area (Å²) in [7, 11) is 1.59. The summed E-state index contributed by atoms with van der Waals surface area (Å²) >= 11 is 0. The van der Waals surface area contributed by atoms with Gasteiger partial charge < -0.3 is 9.64 Å². The SMILES string of the molecule is CCOC(=O)CCN(C)C(=O)Cc1ccccc1F. The molecule has 0 spiro atoms. The molecule has 0 aliphatic carbocycles. The highest BCUT2D eigenvalue weighted by molar-refractivity contribution is 5.79. The lowest BCUT2D eigenvalue weighted by Gasteiger charge is -2.16. The largest absolute Gasteiger partial charge is 0.466 e. The van der Waals surface area contributed by atoms with E-state index >= 15 is 0 Å². The normalized spacial score (nSPS) is 10.1. The number of ether oxygens (including phenoxy) is 1. The molecular formula is C14H18FNO3. The number of halogens is 1. The third-order valence-corrected chi connectivity index (χ3v) is 2.68. The fourth-order valence-corrected chi connectivity index (χ4v) is 1.56. The maximum Gasteiger partial charge on any atom is 0.307 e. The fourth-order valence-electron chi connectivity index (χ4n) is 1.56. The number of carbonyl (C=O) groups is 2. The van der Waals surface area contributed by atoms with Crippen molar-refractivity contribution in [2.45, 2.75) is 19.8 Å². The van der Waals surface area contributed by atoms with Crippen LogP contribution >= 0.6 is 0 Å². The van der Waals surface area contributed by atoms with Gasteiger partial charge in [0, 0.05) is 13.6 Å². The van der Waals surface area contributed by atoms with Gasteiger partial charge in [0.15, 0.2) is 0 Å². The van der Waals surface area contributed by atoms with Crippen LogP contribution in [0.15, 0.2) is 24.3 Å². The summed E-state index contributed by atoms with van der Waals surface area (Å²) in [6.45, 7) is 2.32. The van der Waals surface area contributed by atoms with E-state index in [-0.39, 0.29) is 31.3 Å². The fraction of sp³-hybridized carbons (Fsp3) is 0.429. The van der Waals surface area contributed by atoms with Crippen molar-refractivity contribution in [1.82, 2.24) is 4.90 Å². The van der Waals surface area contributed by atoms with Crippen LogP contribution < -0.4 is 0 Å². The first-order chi connectivity index (χ1) is 9.04. The topological polar surface area (TPSA) is 46.6 Å². The molecule has 0 aromatic heterocycles. The van der Waals surface area contributed by atoms with Crippen molar-refractivity contribution in [3.63, 3.8) is 0 Å². The molecule has 1 aromatic carbocycles. The third kappa shape index (κ3) is 5.07. The Morgan fingerprint density at radius 2 is 2.00 bits per heavy atom. The summed E-state index contributed by atoms with van der Waals surface area (Å²) in [5.41, 5.74) is 0.357. The molecule has 4 nitrogen and oxygen atoms in total. The Hall–Kier alpha value is -1.91. The Bertz CT molecular complexity index is 448. The van der Waals surface area contributed by atoms with Gasteiger partial charge in [-0.2, -0.15) is 0 Å². The highest BCUT2D eigenvalue weighted by Gasteiger charge is 2.13. The Morgan fingerprint density at radius 1 is 1.32 bits per heavy atom. The van der Waals surface area contributed by atoms with Crippen molar-refractivity contribution in [3.8, 4) is 0 Å². The Labute approximate surface area is 112 Å². The van der Waals surface area contributed by atoms with Crippen molar-refractivity contribution in [3.05, 3.63) is 35.6 Å². The summed E-state index contributed by atoms with van der Waals surface area (Å²) in [6.07, 6.45) is 0.138. The predicted octanol–water partition coefficient (Wildman–Crippen LogP) is 1.78. The second-order valence-corrected chi connectivity index (χ2v) is 4.14. The van der Waals surface area contributed by atoms with Crippen molar-refractivity contribution in [2.24, 2.45) is 0 Å². The molecule has 0 atom stereocenters. The lowest BCUT2D eigenvalue weighted by Crippen LogP contribution is -2.30. The van der Waals surface area contributed by atoms with Gasteiger partial charge in [-0.25, -0.2) is 4.39 Å². The predicted molar refractivity (Wildman–Crippen MR) is 69.0 cm³/mol. The van der Waals surface area contributed by atoms with E-state index in [0.29, 0.717) is 12.2 Å². The zero-order valence-electron chi connectivity index (χ0n) is 11.2. The van der Waals surface area contributed by atoms with Crippen LogP contribution in [0, 0.1) is 5.82 Å². The monoisotopic (exact) mass is 267 g/mol. The lowest BCUT2D eigenvalue weighted by molar-refractivity contribution is -0.143. The van der Waals surface area contributed by atoms with Crippen LogP contribution in [0.5, 0.6) is 0 Å². The zero-order chi connectivity index (χ0) is 14.3. The molecule has 0 saturated carbocycles. The summed E-state index contributed by atoms with van der Waals surface area (Å²) in [5, 5.41) is 0. The first kappa shape index (κ1) is 15.1. The number of carbonyl (C=O) groups excluding carboxylic acids is 2. The zero-order valence-corrected chi connectivity index (χ0v) is 11.2. The van der Waals surface area contributed by atoms with Gasteiger partial charge in [0.2, 0.25) is 5.91 Å². The van der Waals surface area contributed by atoms with Crippen molar-refractivity contribution < 1.29 is 18.7 Å². The molecule has 0 bridgehead atoms. The van der Waals surface area contributed by atoms with E-state index in [9.17, 15) is 14.0 Å². The number of likely N-dealkylation sites (N-methyl/N-ethyl adjacent to an activating group) is 1. The quantitative estimate of drug-likeness (QED) is 0.738. The molecule has 1 amide bonds. The Kier molecular flexibility index (Phi) is 5.99. The minimum atomic E-state index is -0.394. The average molecular weight is 267 g/mol. The van der Waals surface area contributed by atoms with Gasteiger partial charge in [0.25, 0.3) is 0 Å². The summed E-state index contributed by atoms with van der Waals surface area (Å²) < 4.78 is 18.2. The molecule has 0 saturated heterocycles. The summed E-state index contributed by atoms with van der Waals surface area (Å²) in [6, 6.07) is 6.16. The summed E-state index contributed by atoms with van der Waals surface area (Å²) in [5.74, 6) is -0.961. The van der Waals surface area contributed by atoms with Gasteiger partial charge in [-0.15, -0.1) is 0 Å². The van der Waals surface area contributed by atoms with Gasteiger partial charge in [0.1, 0.15) is 5.82 Å². The molecule has 0 N–H and O–H groups in total. The molecule has 1 aromatic rings. The number of esters is 1. The smallest absolute Gasteiger partial charge is 0.307 e. The van der Waals surface area contributed by atoms with Crippen LogP contribution in [0.25, 0.3) is 0 Å². The van der Waals surface area contributed by atoms with E-state index in [1.807, 2.05) is 0 Å². The van der Waals surface area contributed by atoms with Crippen LogP contribution in [-0.2, 0) is 20.7 Å². The van der Waals surface area contributed by atoms with E-state index in [4.69, 9.17) is 4.74 Å². The molecule has 0 heterocycles. The van der Waals surface area contributed by atoms with Crippen molar-refractivity contribution in [1.29, 1.82) is 0 Å². The van der Waals surface area contributed by atoms with Crippen LogP contribution in [0.3, 0.4) is 0 Å². The first-order valence-electron chi connectivity index (χ1n) is 6.17. The molecule has 1 rings (SSSR count). The maximum absolute atomic E-state index is 13.4. The van der Waals surface area contributed by atoms with Gasteiger partial charge >= 0.3 is 5.97 Å². The van der Waals surface area contributed by atoms with Crippen molar-refractivity contribution >= 4 is 11.9 Å². The Morgan fingerprint density at radius 3 is 2.63 bits per heavy atom.